The fourth-order valence-electron chi connectivity index (χ4n) is 1.39. The monoisotopic (exact) mass is 246 g/mol. The Bertz CT molecular complexity index is 574. The van der Waals surface area contributed by atoms with Crippen LogP contribution in [0.15, 0.2) is 36.8 Å². The molecule has 7 heteroatoms. The van der Waals surface area contributed by atoms with Gasteiger partial charge in [-0.2, -0.15) is 0 Å². The highest BCUT2D eigenvalue weighted by molar-refractivity contribution is 5.65. The van der Waals surface area contributed by atoms with Crippen LogP contribution in [-0.4, -0.2) is 22.0 Å². The maximum absolute atomic E-state index is 10.8. The van der Waals surface area contributed by atoms with Crippen molar-refractivity contribution in [2.24, 2.45) is 0 Å². The molecule has 7 nitrogen and oxygen atoms in total. The van der Waals surface area contributed by atoms with E-state index in [1.807, 2.05) is 0 Å². The minimum atomic E-state index is -0.539. The van der Waals surface area contributed by atoms with Crippen LogP contribution < -0.4 is 10.1 Å². The predicted molar refractivity (Wildman–Crippen MR) is 65.0 cm³/mol. The smallest absolute Gasteiger partial charge is 0.329 e. The van der Waals surface area contributed by atoms with E-state index in [1.54, 1.807) is 31.4 Å². The highest BCUT2D eigenvalue weighted by Crippen LogP contribution is 2.25. The van der Waals surface area contributed by atoms with Crippen molar-refractivity contribution < 1.29 is 9.66 Å². The maximum atomic E-state index is 10.8. The number of hydrogen-bond donors (Lipinski definition) is 1. The minimum Gasteiger partial charge on any atom is -0.497 e. The summed E-state index contributed by atoms with van der Waals surface area (Å²) in [6, 6.07) is 7.02. The molecule has 0 saturated heterocycles. The second kappa shape index (κ2) is 5.09. The van der Waals surface area contributed by atoms with Crippen LogP contribution in [0.5, 0.6) is 5.75 Å². The van der Waals surface area contributed by atoms with Gasteiger partial charge in [0, 0.05) is 11.8 Å². The van der Waals surface area contributed by atoms with Crippen molar-refractivity contribution in [1.82, 2.24) is 9.97 Å². The molecule has 1 N–H and O–H groups in total. The van der Waals surface area contributed by atoms with Gasteiger partial charge < -0.3 is 10.1 Å². The SMILES string of the molecule is COc1cccc(Nc2ncncc2[N+](=O)[O-])c1. The molecule has 2 aromatic rings. The summed E-state index contributed by atoms with van der Waals surface area (Å²) in [5.74, 6) is 0.792. The summed E-state index contributed by atoms with van der Waals surface area (Å²) in [6.07, 6.45) is 2.39. The largest absolute Gasteiger partial charge is 0.497 e. The van der Waals surface area contributed by atoms with E-state index in [1.165, 1.54) is 6.33 Å². The molecule has 18 heavy (non-hydrogen) atoms. The fourth-order valence-corrected chi connectivity index (χ4v) is 1.39. The number of nitrogens with zero attached hydrogens (tertiary/aromatic N) is 3. The molecule has 92 valence electrons. The highest BCUT2D eigenvalue weighted by atomic mass is 16.6. The van der Waals surface area contributed by atoms with Crippen LogP contribution >= 0.6 is 0 Å². The lowest BCUT2D eigenvalue weighted by Crippen LogP contribution is -2.00. The zero-order valence-electron chi connectivity index (χ0n) is 9.53. The zero-order chi connectivity index (χ0) is 13.0. The van der Waals surface area contributed by atoms with E-state index < -0.39 is 4.92 Å². The third-order valence-corrected chi connectivity index (χ3v) is 2.22. The van der Waals surface area contributed by atoms with Crippen LogP contribution in [0.3, 0.4) is 0 Å². The Balaban J connectivity index is 2.31. The molecule has 1 aromatic heterocycles. The first kappa shape index (κ1) is 11.8. The minimum absolute atomic E-state index is 0.142. The van der Waals surface area contributed by atoms with Gasteiger partial charge in [0.05, 0.1) is 12.0 Å². The van der Waals surface area contributed by atoms with Crippen molar-refractivity contribution in [3.05, 3.63) is 46.9 Å². The van der Waals surface area contributed by atoms with Gasteiger partial charge in [0.1, 0.15) is 18.3 Å². The average molecular weight is 246 g/mol. The Morgan fingerprint density at radius 1 is 1.44 bits per heavy atom. The Kier molecular flexibility index (Phi) is 3.33. The predicted octanol–water partition coefficient (Wildman–Crippen LogP) is 2.14. The molecule has 2 rings (SSSR count). The second-order valence-corrected chi connectivity index (χ2v) is 3.37. The molecule has 0 radical (unpaired) electrons. The Hall–Kier alpha value is -2.70. The maximum Gasteiger partial charge on any atom is 0.329 e. The number of anilines is 2. The third kappa shape index (κ3) is 2.51. The molecule has 1 heterocycles. The van der Waals surface area contributed by atoms with Crippen LogP contribution in [0.1, 0.15) is 0 Å². The molecule has 0 spiro atoms. The third-order valence-electron chi connectivity index (χ3n) is 2.22. The van der Waals surface area contributed by atoms with Gasteiger partial charge in [-0.1, -0.05) is 6.07 Å². The van der Waals surface area contributed by atoms with Crippen molar-refractivity contribution >= 4 is 17.2 Å². The van der Waals surface area contributed by atoms with Gasteiger partial charge >= 0.3 is 5.69 Å². The number of benzene rings is 1. The van der Waals surface area contributed by atoms with Crippen molar-refractivity contribution in [3.63, 3.8) is 0 Å². The molecular weight excluding hydrogens is 236 g/mol. The van der Waals surface area contributed by atoms with Crippen LogP contribution in [0, 0.1) is 10.1 Å². The fraction of sp³-hybridized carbons (Fsp3) is 0.0909. The van der Waals surface area contributed by atoms with Crippen molar-refractivity contribution in [2.75, 3.05) is 12.4 Å². The average Bonchev–Trinajstić information content (AvgIpc) is 2.39. The van der Waals surface area contributed by atoms with Gasteiger partial charge in [0.2, 0.25) is 5.82 Å². The van der Waals surface area contributed by atoms with E-state index in [0.29, 0.717) is 11.4 Å². The lowest BCUT2D eigenvalue weighted by Gasteiger charge is -2.06. The molecule has 0 aliphatic carbocycles. The molecule has 0 bridgehead atoms. The lowest BCUT2D eigenvalue weighted by atomic mass is 10.3. The number of nitrogens with one attached hydrogen (secondary N) is 1. The Morgan fingerprint density at radius 2 is 2.28 bits per heavy atom. The van der Waals surface area contributed by atoms with Gasteiger partial charge in [-0.3, -0.25) is 10.1 Å². The number of methoxy groups -OCH3 is 1. The standard InChI is InChI=1S/C11H10N4O3/c1-18-9-4-2-3-8(5-9)14-11-10(15(16)17)6-12-7-13-11/h2-7H,1H3,(H,12,13,14). The lowest BCUT2D eigenvalue weighted by molar-refractivity contribution is -0.384. The molecule has 0 fully saturated rings. The van der Waals surface area contributed by atoms with E-state index in [0.717, 1.165) is 6.20 Å². The van der Waals surface area contributed by atoms with Crippen molar-refractivity contribution in [3.8, 4) is 5.75 Å². The Labute approximate surface area is 103 Å². The molecule has 0 aliphatic heterocycles. The van der Waals surface area contributed by atoms with Gasteiger partial charge in [-0.05, 0) is 12.1 Å². The summed E-state index contributed by atoms with van der Waals surface area (Å²) >= 11 is 0. The van der Waals surface area contributed by atoms with Gasteiger partial charge in [0.15, 0.2) is 0 Å². The highest BCUT2D eigenvalue weighted by Gasteiger charge is 2.15. The topological polar surface area (TPSA) is 90.2 Å². The summed E-state index contributed by atoms with van der Waals surface area (Å²) in [5.41, 5.74) is 0.469. The van der Waals surface area contributed by atoms with Crippen molar-refractivity contribution in [2.45, 2.75) is 0 Å². The first-order chi connectivity index (χ1) is 8.70. The van der Waals surface area contributed by atoms with Crippen LogP contribution in [0.25, 0.3) is 0 Å². The van der Waals surface area contributed by atoms with E-state index in [4.69, 9.17) is 4.74 Å². The number of aromatic nitrogens is 2. The molecule has 0 amide bonds. The van der Waals surface area contributed by atoms with Gasteiger partial charge in [0.25, 0.3) is 0 Å². The summed E-state index contributed by atoms with van der Waals surface area (Å²) in [4.78, 5) is 17.7. The summed E-state index contributed by atoms with van der Waals surface area (Å²) in [7, 11) is 1.55. The molecule has 0 unspecified atom stereocenters. The molecule has 0 atom stereocenters. The zero-order valence-corrected chi connectivity index (χ0v) is 9.53. The van der Waals surface area contributed by atoms with Crippen molar-refractivity contribution in [1.29, 1.82) is 0 Å². The van der Waals surface area contributed by atoms with E-state index in [9.17, 15) is 10.1 Å². The second-order valence-electron chi connectivity index (χ2n) is 3.37. The summed E-state index contributed by atoms with van der Waals surface area (Å²) < 4.78 is 5.06. The normalized spacial score (nSPS) is 9.83. The van der Waals surface area contributed by atoms with Gasteiger partial charge in [-0.25, -0.2) is 9.97 Å². The van der Waals surface area contributed by atoms with Crippen LogP contribution in [0.2, 0.25) is 0 Å². The van der Waals surface area contributed by atoms with Crippen LogP contribution in [-0.2, 0) is 0 Å². The molecule has 0 saturated carbocycles. The van der Waals surface area contributed by atoms with Gasteiger partial charge in [-0.15, -0.1) is 0 Å². The van der Waals surface area contributed by atoms with Crippen LogP contribution in [0.4, 0.5) is 17.2 Å². The molecule has 1 aromatic carbocycles. The molecular formula is C11H10N4O3. The number of ether oxygens (including phenoxy) is 1. The number of hydrogen-bond acceptors (Lipinski definition) is 6. The first-order valence-electron chi connectivity index (χ1n) is 5.06. The molecule has 0 aliphatic rings. The first-order valence-corrected chi connectivity index (χ1v) is 5.06. The van der Waals surface area contributed by atoms with E-state index in [2.05, 4.69) is 15.3 Å². The summed E-state index contributed by atoms with van der Waals surface area (Å²) in [5, 5.41) is 13.7. The quantitative estimate of drug-likeness (QED) is 0.656. The number of rotatable bonds is 4. The van der Waals surface area contributed by atoms with E-state index >= 15 is 0 Å². The Morgan fingerprint density at radius 3 is 3.00 bits per heavy atom. The van der Waals surface area contributed by atoms with E-state index in [-0.39, 0.29) is 11.5 Å². The number of nitro groups is 1. The summed E-state index contributed by atoms with van der Waals surface area (Å²) in [6.45, 7) is 0.